The lowest BCUT2D eigenvalue weighted by Gasteiger charge is -2.46. The third kappa shape index (κ3) is 3.11. The number of piperazine rings is 1. The fourth-order valence-electron chi connectivity index (χ4n) is 2.88. The van der Waals surface area contributed by atoms with E-state index in [4.69, 9.17) is 9.47 Å². The molecular weight excluding hydrogens is 254 g/mol. The van der Waals surface area contributed by atoms with Gasteiger partial charge in [-0.15, -0.1) is 0 Å². The van der Waals surface area contributed by atoms with Gasteiger partial charge in [0.25, 0.3) is 0 Å². The number of rotatable bonds is 4. The Morgan fingerprint density at radius 1 is 1.35 bits per heavy atom. The van der Waals surface area contributed by atoms with Crippen LogP contribution in [0.3, 0.4) is 0 Å². The first-order valence-corrected chi connectivity index (χ1v) is 7.38. The van der Waals surface area contributed by atoms with Crippen LogP contribution in [-0.2, 0) is 11.3 Å². The predicted octanol–water partition coefficient (Wildman–Crippen LogP) is 1.04. The van der Waals surface area contributed by atoms with Crippen LogP contribution < -0.4 is 10.1 Å². The Balaban J connectivity index is 1.65. The first-order valence-electron chi connectivity index (χ1n) is 7.38. The highest BCUT2D eigenvalue weighted by Crippen LogP contribution is 2.20. The summed E-state index contributed by atoms with van der Waals surface area (Å²) in [5.74, 6) is 0.701. The molecule has 0 amide bonds. The van der Waals surface area contributed by atoms with Crippen molar-refractivity contribution >= 4 is 0 Å². The van der Waals surface area contributed by atoms with Gasteiger partial charge in [-0.3, -0.25) is 4.90 Å². The molecule has 2 fully saturated rings. The molecular formula is C15H23N3O2. The summed E-state index contributed by atoms with van der Waals surface area (Å²) in [7, 11) is 0. The van der Waals surface area contributed by atoms with Crippen molar-refractivity contribution in [2.75, 3.05) is 26.3 Å². The second-order valence-electron chi connectivity index (χ2n) is 5.85. The van der Waals surface area contributed by atoms with Crippen LogP contribution >= 0.6 is 0 Å². The van der Waals surface area contributed by atoms with Gasteiger partial charge in [-0.2, -0.15) is 0 Å². The molecule has 5 nitrogen and oxygen atoms in total. The topological polar surface area (TPSA) is 46.6 Å². The maximum absolute atomic E-state index is 5.65. The zero-order valence-electron chi connectivity index (χ0n) is 12.2. The summed E-state index contributed by atoms with van der Waals surface area (Å²) in [4.78, 5) is 6.92. The maximum atomic E-state index is 5.65. The molecule has 0 aromatic carbocycles. The normalized spacial score (nSPS) is 26.8. The van der Waals surface area contributed by atoms with Crippen LogP contribution in [0.2, 0.25) is 0 Å². The number of nitrogens with one attached hydrogen (secondary N) is 1. The Kier molecular flexibility index (Phi) is 4.19. The SMILES string of the molecule is CC(C)Oc1ccc(CN2C3CNCC2COC3)cn1. The summed E-state index contributed by atoms with van der Waals surface area (Å²) in [6.45, 7) is 8.64. The Morgan fingerprint density at radius 3 is 2.70 bits per heavy atom. The summed E-state index contributed by atoms with van der Waals surface area (Å²) >= 11 is 0. The van der Waals surface area contributed by atoms with Gasteiger partial charge >= 0.3 is 0 Å². The fraction of sp³-hybridized carbons (Fsp3) is 0.667. The number of aromatic nitrogens is 1. The van der Waals surface area contributed by atoms with Crippen molar-refractivity contribution in [1.29, 1.82) is 0 Å². The Labute approximate surface area is 120 Å². The first kappa shape index (κ1) is 13.8. The van der Waals surface area contributed by atoms with Crippen LogP contribution in [0.5, 0.6) is 5.88 Å². The minimum Gasteiger partial charge on any atom is -0.475 e. The minimum atomic E-state index is 0.165. The van der Waals surface area contributed by atoms with Crippen molar-refractivity contribution < 1.29 is 9.47 Å². The predicted molar refractivity (Wildman–Crippen MR) is 76.8 cm³/mol. The molecule has 2 saturated heterocycles. The lowest BCUT2D eigenvalue weighted by Crippen LogP contribution is -2.63. The van der Waals surface area contributed by atoms with Crippen molar-refractivity contribution in [3.8, 4) is 5.88 Å². The van der Waals surface area contributed by atoms with Crippen molar-refractivity contribution in [3.05, 3.63) is 23.9 Å². The van der Waals surface area contributed by atoms with E-state index in [2.05, 4.69) is 21.3 Å². The average molecular weight is 277 g/mol. The van der Waals surface area contributed by atoms with Crippen molar-refractivity contribution in [1.82, 2.24) is 15.2 Å². The molecule has 0 aliphatic carbocycles. The lowest BCUT2D eigenvalue weighted by atomic mass is 10.1. The molecule has 1 aromatic rings. The van der Waals surface area contributed by atoms with Crippen molar-refractivity contribution in [2.45, 2.75) is 38.6 Å². The molecule has 2 atom stereocenters. The van der Waals surface area contributed by atoms with E-state index in [1.165, 1.54) is 5.56 Å². The van der Waals surface area contributed by atoms with Crippen LogP contribution in [0.1, 0.15) is 19.4 Å². The quantitative estimate of drug-likeness (QED) is 0.891. The van der Waals surface area contributed by atoms with Gasteiger partial charge in [0.05, 0.1) is 19.3 Å². The van der Waals surface area contributed by atoms with Gasteiger partial charge in [0, 0.05) is 44.0 Å². The number of nitrogens with zero attached hydrogens (tertiary/aromatic N) is 2. The van der Waals surface area contributed by atoms with Gasteiger partial charge in [-0.05, 0) is 19.4 Å². The summed E-state index contributed by atoms with van der Waals surface area (Å²) in [5, 5.41) is 3.48. The van der Waals surface area contributed by atoms with Gasteiger partial charge in [-0.1, -0.05) is 6.07 Å². The molecule has 110 valence electrons. The van der Waals surface area contributed by atoms with Crippen LogP contribution in [0.4, 0.5) is 0 Å². The number of pyridine rings is 1. The Morgan fingerprint density at radius 2 is 2.10 bits per heavy atom. The van der Waals surface area contributed by atoms with E-state index in [1.54, 1.807) is 0 Å². The number of hydrogen-bond donors (Lipinski definition) is 1. The summed E-state index contributed by atoms with van der Waals surface area (Å²) in [6, 6.07) is 5.04. The second kappa shape index (κ2) is 6.08. The van der Waals surface area contributed by atoms with E-state index >= 15 is 0 Å². The molecule has 0 spiro atoms. The molecule has 5 heteroatoms. The highest BCUT2D eigenvalue weighted by Gasteiger charge is 2.34. The number of fused-ring (bicyclic) bond motifs is 2. The molecule has 20 heavy (non-hydrogen) atoms. The van der Waals surface area contributed by atoms with Crippen molar-refractivity contribution in [2.24, 2.45) is 0 Å². The number of ether oxygens (including phenoxy) is 2. The molecule has 2 aliphatic heterocycles. The van der Waals surface area contributed by atoms with Crippen molar-refractivity contribution in [3.63, 3.8) is 0 Å². The zero-order valence-corrected chi connectivity index (χ0v) is 12.2. The molecule has 3 heterocycles. The molecule has 1 N–H and O–H groups in total. The molecule has 0 radical (unpaired) electrons. The minimum absolute atomic E-state index is 0.165. The first-order chi connectivity index (χ1) is 9.72. The van der Waals surface area contributed by atoms with E-state index in [9.17, 15) is 0 Å². The summed E-state index contributed by atoms with van der Waals surface area (Å²) in [6.07, 6.45) is 2.09. The molecule has 2 unspecified atom stereocenters. The van der Waals surface area contributed by atoms with Crippen LogP contribution in [0, 0.1) is 0 Å². The molecule has 3 rings (SSSR count). The summed E-state index contributed by atoms with van der Waals surface area (Å²) < 4.78 is 11.2. The summed E-state index contributed by atoms with van der Waals surface area (Å²) in [5.41, 5.74) is 1.24. The van der Waals surface area contributed by atoms with Gasteiger partial charge in [0.15, 0.2) is 0 Å². The maximum Gasteiger partial charge on any atom is 0.213 e. The van der Waals surface area contributed by atoms with Gasteiger partial charge in [-0.25, -0.2) is 4.98 Å². The third-order valence-corrected chi connectivity index (χ3v) is 3.84. The molecule has 2 aliphatic rings. The lowest BCUT2D eigenvalue weighted by molar-refractivity contribution is -0.0689. The highest BCUT2D eigenvalue weighted by atomic mass is 16.5. The monoisotopic (exact) mass is 277 g/mol. The van der Waals surface area contributed by atoms with Crippen LogP contribution in [0.15, 0.2) is 18.3 Å². The molecule has 0 saturated carbocycles. The van der Waals surface area contributed by atoms with Gasteiger partial charge < -0.3 is 14.8 Å². The zero-order chi connectivity index (χ0) is 13.9. The average Bonchev–Trinajstić information content (AvgIpc) is 2.40. The number of morpholine rings is 1. The van der Waals surface area contributed by atoms with E-state index in [0.717, 1.165) is 32.8 Å². The standard InChI is InChI=1S/C15H23N3O2/c1-11(2)20-15-4-3-12(5-17-15)8-18-13-6-16-7-14(18)10-19-9-13/h3-5,11,13-14,16H,6-10H2,1-2H3. The molecule has 1 aromatic heterocycles. The fourth-order valence-corrected chi connectivity index (χ4v) is 2.88. The van der Waals surface area contributed by atoms with Gasteiger partial charge in [0.2, 0.25) is 5.88 Å². The Hall–Kier alpha value is -1.17. The largest absolute Gasteiger partial charge is 0.475 e. The number of hydrogen-bond acceptors (Lipinski definition) is 5. The van der Waals surface area contributed by atoms with Gasteiger partial charge in [0.1, 0.15) is 0 Å². The van der Waals surface area contributed by atoms with Crippen LogP contribution in [0.25, 0.3) is 0 Å². The van der Waals surface area contributed by atoms with E-state index in [-0.39, 0.29) is 6.10 Å². The van der Waals surface area contributed by atoms with Crippen LogP contribution in [-0.4, -0.2) is 54.4 Å². The van der Waals surface area contributed by atoms with E-state index < -0.39 is 0 Å². The third-order valence-electron chi connectivity index (χ3n) is 3.84. The smallest absolute Gasteiger partial charge is 0.213 e. The van der Waals surface area contributed by atoms with E-state index in [0.29, 0.717) is 18.0 Å². The van der Waals surface area contributed by atoms with E-state index in [1.807, 2.05) is 26.1 Å². The Bertz CT molecular complexity index is 413. The molecule has 2 bridgehead atoms. The second-order valence-corrected chi connectivity index (χ2v) is 5.85. The highest BCUT2D eigenvalue weighted by molar-refractivity contribution is 5.18.